The Kier molecular flexibility index (Phi) is 7.26. The third-order valence-electron chi connectivity index (χ3n) is 5.71. The number of nitrogens with zero attached hydrogens (tertiary/aromatic N) is 1. The van der Waals surface area contributed by atoms with Gasteiger partial charge in [-0.2, -0.15) is 0 Å². The number of aromatic nitrogens is 1. The van der Waals surface area contributed by atoms with Crippen LogP contribution < -0.4 is 15.4 Å². The van der Waals surface area contributed by atoms with Gasteiger partial charge < -0.3 is 15.4 Å². The lowest BCUT2D eigenvalue weighted by atomic mass is 9.85. The molecule has 0 unspecified atom stereocenters. The maximum atomic E-state index is 13.1. The Hall–Kier alpha value is -3.58. The number of anilines is 1. The number of allylic oxidation sites excluding steroid dienone is 1. The fraction of sp³-hybridized carbons (Fsp3) is 0.250. The van der Waals surface area contributed by atoms with Gasteiger partial charge in [0.2, 0.25) is 0 Å². The van der Waals surface area contributed by atoms with Crippen molar-refractivity contribution in [3.63, 3.8) is 0 Å². The maximum absolute atomic E-state index is 13.1. The van der Waals surface area contributed by atoms with Crippen molar-refractivity contribution in [3.8, 4) is 5.75 Å². The summed E-state index contributed by atoms with van der Waals surface area (Å²) >= 11 is 1.52. The van der Waals surface area contributed by atoms with Gasteiger partial charge in [-0.3, -0.25) is 9.59 Å². The van der Waals surface area contributed by atoms with Crippen molar-refractivity contribution >= 4 is 34.8 Å². The molecule has 0 saturated heterocycles. The molecule has 0 spiro atoms. The highest BCUT2D eigenvalue weighted by Crippen LogP contribution is 2.32. The summed E-state index contributed by atoms with van der Waals surface area (Å²) in [5, 5.41) is 7.09. The lowest BCUT2D eigenvalue weighted by molar-refractivity contribution is 0.102. The molecule has 1 aromatic heterocycles. The van der Waals surface area contributed by atoms with Gasteiger partial charge >= 0.3 is 0 Å². The maximum Gasteiger partial charge on any atom is 0.258 e. The number of thioether (sulfide) groups is 1. The normalized spacial score (nSPS) is 15.1. The van der Waals surface area contributed by atoms with Crippen LogP contribution in [0.5, 0.6) is 5.75 Å². The van der Waals surface area contributed by atoms with Crippen molar-refractivity contribution in [1.29, 1.82) is 0 Å². The lowest BCUT2D eigenvalue weighted by Crippen LogP contribution is -2.43. The zero-order valence-corrected chi connectivity index (χ0v) is 21.2. The minimum Gasteiger partial charge on any atom is -0.497 e. The number of amides is 1. The van der Waals surface area contributed by atoms with Crippen molar-refractivity contribution in [2.45, 2.75) is 37.8 Å². The number of nitrogens with one attached hydrogen (secondary N) is 2. The van der Waals surface area contributed by atoms with Crippen LogP contribution in [-0.2, 0) is 6.42 Å². The quantitative estimate of drug-likeness (QED) is 0.256. The summed E-state index contributed by atoms with van der Waals surface area (Å²) in [6.45, 7) is 6.25. The van der Waals surface area contributed by atoms with Gasteiger partial charge in [0.25, 0.3) is 5.91 Å². The molecule has 35 heavy (non-hydrogen) atoms. The Balaban J connectivity index is 1.53. The van der Waals surface area contributed by atoms with Crippen molar-refractivity contribution < 1.29 is 14.3 Å². The van der Waals surface area contributed by atoms with E-state index in [1.165, 1.54) is 17.3 Å². The molecule has 7 heteroatoms. The van der Waals surface area contributed by atoms with Crippen LogP contribution >= 0.6 is 11.8 Å². The number of pyridine rings is 1. The van der Waals surface area contributed by atoms with Crippen molar-refractivity contribution in [1.82, 2.24) is 10.3 Å². The molecule has 180 valence electrons. The smallest absolute Gasteiger partial charge is 0.258 e. The van der Waals surface area contributed by atoms with Gasteiger partial charge in [-0.25, -0.2) is 4.98 Å². The molecule has 0 bridgehead atoms. The monoisotopic (exact) mass is 487 g/mol. The molecule has 2 heterocycles. The van der Waals surface area contributed by atoms with Crippen LogP contribution in [0.25, 0.3) is 5.70 Å². The summed E-state index contributed by atoms with van der Waals surface area (Å²) in [5.41, 5.74) is 4.42. The number of methoxy groups -OCH3 is 1. The Morgan fingerprint density at radius 3 is 2.66 bits per heavy atom. The SMILES string of the molecule is CCSc1ncccc1C(=O)Nc1ccc(C(=O)C=C2NC(C)(C)Cc3ccc(OC)cc32)cc1. The van der Waals surface area contributed by atoms with E-state index in [1.807, 2.05) is 19.1 Å². The highest BCUT2D eigenvalue weighted by Gasteiger charge is 2.28. The second-order valence-corrected chi connectivity index (χ2v) is 10.2. The van der Waals surface area contributed by atoms with Gasteiger partial charge in [-0.15, -0.1) is 11.8 Å². The van der Waals surface area contributed by atoms with Gasteiger partial charge in [-0.05, 0) is 80.1 Å². The second-order valence-electron chi connectivity index (χ2n) is 8.95. The number of hydrogen-bond donors (Lipinski definition) is 2. The minimum atomic E-state index is -0.227. The zero-order chi connectivity index (χ0) is 25.0. The molecule has 6 nitrogen and oxygen atoms in total. The molecule has 0 fully saturated rings. The van der Waals surface area contributed by atoms with Crippen LogP contribution in [0, 0.1) is 0 Å². The Morgan fingerprint density at radius 1 is 1.17 bits per heavy atom. The summed E-state index contributed by atoms with van der Waals surface area (Å²) in [6, 6.07) is 16.4. The van der Waals surface area contributed by atoms with Gasteiger partial charge in [0.15, 0.2) is 5.78 Å². The number of carbonyl (C=O) groups is 2. The number of hydrogen-bond acceptors (Lipinski definition) is 6. The van der Waals surface area contributed by atoms with E-state index in [0.717, 1.165) is 29.2 Å². The number of carbonyl (C=O) groups excluding carboxylic acids is 2. The molecule has 0 aliphatic carbocycles. The predicted octanol–water partition coefficient (Wildman–Crippen LogP) is 5.60. The van der Waals surface area contributed by atoms with E-state index in [2.05, 4.69) is 35.5 Å². The summed E-state index contributed by atoms with van der Waals surface area (Å²) < 4.78 is 5.39. The van der Waals surface area contributed by atoms with Crippen molar-refractivity contribution in [3.05, 3.63) is 89.1 Å². The Bertz CT molecular complexity index is 1280. The number of benzene rings is 2. The molecule has 0 radical (unpaired) electrons. The fourth-order valence-corrected chi connectivity index (χ4v) is 4.82. The number of ether oxygens (including phenoxy) is 1. The lowest BCUT2D eigenvalue weighted by Gasteiger charge is -2.35. The van der Waals surface area contributed by atoms with Gasteiger partial charge in [-0.1, -0.05) is 13.0 Å². The first kappa shape index (κ1) is 24.5. The predicted molar refractivity (Wildman–Crippen MR) is 141 cm³/mol. The molecule has 1 aliphatic rings. The van der Waals surface area contributed by atoms with Crippen LogP contribution in [0.3, 0.4) is 0 Å². The first-order valence-electron chi connectivity index (χ1n) is 11.5. The molecule has 2 aromatic carbocycles. The number of ketones is 1. The Labute approximate surface area is 210 Å². The molecule has 0 atom stereocenters. The van der Waals surface area contributed by atoms with E-state index in [9.17, 15) is 9.59 Å². The van der Waals surface area contributed by atoms with Crippen molar-refractivity contribution in [2.24, 2.45) is 0 Å². The van der Waals surface area contributed by atoms with Crippen LogP contribution in [0.1, 0.15) is 52.6 Å². The fourth-order valence-electron chi connectivity index (χ4n) is 4.10. The van der Waals surface area contributed by atoms with Crippen LogP contribution in [0.4, 0.5) is 5.69 Å². The summed E-state index contributed by atoms with van der Waals surface area (Å²) in [4.78, 5) is 30.2. The third kappa shape index (κ3) is 5.74. The van der Waals surface area contributed by atoms with E-state index < -0.39 is 0 Å². The first-order chi connectivity index (χ1) is 16.8. The molecule has 4 rings (SSSR count). The number of rotatable bonds is 7. The highest BCUT2D eigenvalue weighted by molar-refractivity contribution is 7.99. The zero-order valence-electron chi connectivity index (χ0n) is 20.3. The summed E-state index contributed by atoms with van der Waals surface area (Å²) in [6.07, 6.45) is 4.17. The van der Waals surface area contributed by atoms with E-state index in [0.29, 0.717) is 21.8 Å². The largest absolute Gasteiger partial charge is 0.497 e. The molecule has 1 amide bonds. The van der Waals surface area contributed by atoms with Crippen LogP contribution in [-0.4, -0.2) is 35.1 Å². The molecule has 1 aliphatic heterocycles. The van der Waals surface area contributed by atoms with E-state index >= 15 is 0 Å². The molecule has 3 aromatic rings. The topological polar surface area (TPSA) is 80.3 Å². The molecule has 0 saturated carbocycles. The molecule has 2 N–H and O–H groups in total. The highest BCUT2D eigenvalue weighted by atomic mass is 32.2. The number of fused-ring (bicyclic) bond motifs is 1. The standard InChI is InChI=1S/C28H29N3O3S/c1-5-35-27-22(7-6-14-29-27)26(33)30-20-11-8-18(9-12-20)25(32)16-24-23-15-21(34-4)13-10-19(23)17-28(2,3)31-24/h6-16,31H,5,17H2,1-4H3,(H,30,33). The van der Waals surface area contributed by atoms with Crippen LogP contribution in [0.15, 0.2) is 71.9 Å². The first-order valence-corrected chi connectivity index (χ1v) is 12.5. The molecular weight excluding hydrogens is 458 g/mol. The van der Waals surface area contributed by atoms with Crippen LogP contribution in [0.2, 0.25) is 0 Å². The second kappa shape index (κ2) is 10.4. The van der Waals surface area contributed by atoms with Gasteiger partial charge in [0.05, 0.1) is 12.7 Å². The minimum absolute atomic E-state index is 0.120. The van der Waals surface area contributed by atoms with Crippen molar-refractivity contribution in [2.75, 3.05) is 18.2 Å². The van der Waals surface area contributed by atoms with Gasteiger partial charge in [0.1, 0.15) is 10.8 Å². The van der Waals surface area contributed by atoms with E-state index in [1.54, 1.807) is 55.8 Å². The van der Waals surface area contributed by atoms with E-state index in [4.69, 9.17) is 4.74 Å². The summed E-state index contributed by atoms with van der Waals surface area (Å²) in [5.74, 6) is 1.23. The summed E-state index contributed by atoms with van der Waals surface area (Å²) in [7, 11) is 1.63. The Morgan fingerprint density at radius 2 is 1.94 bits per heavy atom. The molecular formula is C28H29N3O3S. The average molecular weight is 488 g/mol. The van der Waals surface area contributed by atoms with Gasteiger partial charge in [0, 0.05) is 40.3 Å². The van der Waals surface area contributed by atoms with E-state index in [-0.39, 0.29) is 17.2 Å². The third-order valence-corrected chi connectivity index (χ3v) is 6.60. The average Bonchev–Trinajstić information content (AvgIpc) is 2.84.